The molecular formula is C13H18ClNO2. The first kappa shape index (κ1) is 12.7. The van der Waals surface area contributed by atoms with Gasteiger partial charge in [0.15, 0.2) is 0 Å². The van der Waals surface area contributed by atoms with Gasteiger partial charge in [-0.1, -0.05) is 24.1 Å². The summed E-state index contributed by atoms with van der Waals surface area (Å²) in [6.45, 7) is 0.953. The maximum absolute atomic E-state index is 10.4. The molecule has 1 aliphatic rings. The largest absolute Gasteiger partial charge is 0.496 e. The average Bonchev–Trinajstić information content (AvgIpc) is 2.38. The number of halogens is 1. The highest BCUT2D eigenvalue weighted by atomic mass is 35.5. The van der Waals surface area contributed by atoms with Gasteiger partial charge in [0, 0.05) is 11.6 Å². The number of nitrogens with one attached hydrogen (secondary N) is 1. The Bertz CT molecular complexity index is 378. The summed E-state index contributed by atoms with van der Waals surface area (Å²) >= 11 is 6.15. The molecule has 0 saturated carbocycles. The van der Waals surface area contributed by atoms with Gasteiger partial charge in [-0.25, -0.2) is 0 Å². The van der Waals surface area contributed by atoms with Crippen LogP contribution in [0.1, 0.15) is 30.9 Å². The molecule has 2 unspecified atom stereocenters. The Morgan fingerprint density at radius 3 is 2.94 bits per heavy atom. The molecule has 0 radical (unpaired) electrons. The van der Waals surface area contributed by atoms with Crippen molar-refractivity contribution >= 4 is 11.6 Å². The van der Waals surface area contributed by atoms with Crippen molar-refractivity contribution in [2.45, 2.75) is 31.4 Å². The highest BCUT2D eigenvalue weighted by molar-refractivity contribution is 6.31. The van der Waals surface area contributed by atoms with Gasteiger partial charge in [0.1, 0.15) is 5.75 Å². The molecule has 1 aromatic carbocycles. The quantitative estimate of drug-likeness (QED) is 0.872. The van der Waals surface area contributed by atoms with Crippen molar-refractivity contribution in [1.29, 1.82) is 0 Å². The first-order valence-electron chi connectivity index (χ1n) is 5.98. The van der Waals surface area contributed by atoms with Gasteiger partial charge in [-0.05, 0) is 31.5 Å². The summed E-state index contributed by atoms with van der Waals surface area (Å²) in [7, 11) is 1.59. The molecule has 2 rings (SSSR count). The van der Waals surface area contributed by atoms with Crippen LogP contribution in [-0.2, 0) is 0 Å². The van der Waals surface area contributed by atoms with Gasteiger partial charge in [-0.2, -0.15) is 0 Å². The zero-order chi connectivity index (χ0) is 12.3. The summed E-state index contributed by atoms with van der Waals surface area (Å²) in [5, 5.41) is 14.3. The minimum absolute atomic E-state index is 0.0672. The fourth-order valence-electron chi connectivity index (χ4n) is 2.33. The molecule has 1 aromatic rings. The third-order valence-electron chi connectivity index (χ3n) is 3.26. The molecule has 0 aliphatic carbocycles. The van der Waals surface area contributed by atoms with Gasteiger partial charge in [0.25, 0.3) is 0 Å². The van der Waals surface area contributed by atoms with Crippen LogP contribution in [0.4, 0.5) is 0 Å². The van der Waals surface area contributed by atoms with E-state index in [4.69, 9.17) is 16.3 Å². The lowest BCUT2D eigenvalue weighted by molar-refractivity contribution is 0.111. The lowest BCUT2D eigenvalue weighted by Gasteiger charge is -2.29. The van der Waals surface area contributed by atoms with E-state index in [1.165, 1.54) is 6.42 Å². The Labute approximate surface area is 107 Å². The van der Waals surface area contributed by atoms with Crippen molar-refractivity contribution in [1.82, 2.24) is 5.32 Å². The molecule has 0 spiro atoms. The van der Waals surface area contributed by atoms with Crippen LogP contribution in [0.3, 0.4) is 0 Å². The fourth-order valence-corrected chi connectivity index (χ4v) is 2.61. The number of rotatable bonds is 3. The highest BCUT2D eigenvalue weighted by Gasteiger charge is 2.26. The summed E-state index contributed by atoms with van der Waals surface area (Å²) in [5.41, 5.74) is 0.691. The van der Waals surface area contributed by atoms with Crippen LogP contribution in [0.25, 0.3) is 0 Å². The van der Waals surface area contributed by atoms with Crippen LogP contribution in [0.2, 0.25) is 5.02 Å². The monoisotopic (exact) mass is 255 g/mol. The van der Waals surface area contributed by atoms with E-state index in [0.717, 1.165) is 19.4 Å². The van der Waals surface area contributed by atoms with Gasteiger partial charge in [0.2, 0.25) is 0 Å². The van der Waals surface area contributed by atoms with E-state index < -0.39 is 6.10 Å². The lowest BCUT2D eigenvalue weighted by atomic mass is 9.94. The first-order valence-corrected chi connectivity index (χ1v) is 6.35. The number of ether oxygens (including phenoxy) is 1. The molecule has 17 heavy (non-hydrogen) atoms. The standard InChI is InChI=1S/C13H18ClNO2/c1-17-11-7-4-5-9(14)12(11)13(16)10-6-2-3-8-15-10/h4-5,7,10,13,15-16H,2-3,6,8H2,1H3. The van der Waals surface area contributed by atoms with Gasteiger partial charge >= 0.3 is 0 Å². The van der Waals surface area contributed by atoms with Crippen molar-refractivity contribution in [2.75, 3.05) is 13.7 Å². The second kappa shape index (κ2) is 5.71. The van der Waals surface area contributed by atoms with Crippen molar-refractivity contribution in [2.24, 2.45) is 0 Å². The zero-order valence-corrected chi connectivity index (χ0v) is 10.7. The first-order chi connectivity index (χ1) is 8.24. The summed E-state index contributed by atoms with van der Waals surface area (Å²) < 4.78 is 5.27. The number of methoxy groups -OCH3 is 1. The molecule has 2 atom stereocenters. The summed E-state index contributed by atoms with van der Waals surface area (Å²) in [6, 6.07) is 5.50. The van der Waals surface area contributed by atoms with E-state index in [1.54, 1.807) is 13.2 Å². The lowest BCUT2D eigenvalue weighted by Crippen LogP contribution is -2.39. The second-order valence-corrected chi connectivity index (χ2v) is 4.76. The molecule has 2 N–H and O–H groups in total. The molecule has 0 aromatic heterocycles. The van der Waals surface area contributed by atoms with Crippen molar-refractivity contribution < 1.29 is 9.84 Å². The van der Waals surface area contributed by atoms with E-state index in [0.29, 0.717) is 16.3 Å². The molecular weight excluding hydrogens is 238 g/mol. The Morgan fingerprint density at radius 1 is 1.47 bits per heavy atom. The third kappa shape index (κ3) is 2.73. The van der Waals surface area contributed by atoms with Gasteiger partial charge in [-0.3, -0.25) is 0 Å². The molecule has 4 heteroatoms. The Balaban J connectivity index is 2.25. The van der Waals surface area contributed by atoms with Gasteiger partial charge in [0.05, 0.1) is 18.2 Å². The molecule has 0 amide bonds. The van der Waals surface area contributed by atoms with E-state index in [2.05, 4.69) is 5.32 Å². The smallest absolute Gasteiger partial charge is 0.126 e. The SMILES string of the molecule is COc1cccc(Cl)c1C(O)C1CCCCN1. The Morgan fingerprint density at radius 2 is 2.29 bits per heavy atom. The van der Waals surface area contributed by atoms with Crippen LogP contribution >= 0.6 is 11.6 Å². The van der Waals surface area contributed by atoms with Crippen molar-refractivity contribution in [3.8, 4) is 5.75 Å². The van der Waals surface area contributed by atoms with Crippen LogP contribution in [-0.4, -0.2) is 24.8 Å². The minimum Gasteiger partial charge on any atom is -0.496 e. The molecule has 1 aliphatic heterocycles. The van der Waals surface area contributed by atoms with Crippen LogP contribution < -0.4 is 10.1 Å². The predicted molar refractivity (Wildman–Crippen MR) is 68.6 cm³/mol. The number of benzene rings is 1. The number of hydrogen-bond donors (Lipinski definition) is 2. The molecule has 1 heterocycles. The summed E-state index contributed by atoms with van der Waals surface area (Å²) in [5.74, 6) is 0.650. The average molecular weight is 256 g/mol. The molecule has 1 saturated heterocycles. The maximum Gasteiger partial charge on any atom is 0.126 e. The maximum atomic E-state index is 10.4. The van der Waals surface area contributed by atoms with E-state index in [-0.39, 0.29) is 6.04 Å². The summed E-state index contributed by atoms with van der Waals surface area (Å²) in [6.07, 6.45) is 2.67. The normalized spacial score (nSPS) is 22.2. The van der Waals surface area contributed by atoms with Crippen LogP contribution in [0.5, 0.6) is 5.75 Å². The van der Waals surface area contributed by atoms with Crippen molar-refractivity contribution in [3.63, 3.8) is 0 Å². The number of hydrogen-bond acceptors (Lipinski definition) is 3. The predicted octanol–water partition coefficient (Wildman–Crippen LogP) is 2.52. The van der Waals surface area contributed by atoms with E-state index >= 15 is 0 Å². The zero-order valence-electron chi connectivity index (χ0n) is 9.95. The topological polar surface area (TPSA) is 41.5 Å². The number of piperidine rings is 1. The second-order valence-electron chi connectivity index (χ2n) is 4.36. The van der Waals surface area contributed by atoms with Gasteiger partial charge in [-0.15, -0.1) is 0 Å². The Hall–Kier alpha value is -0.770. The summed E-state index contributed by atoms with van der Waals surface area (Å²) in [4.78, 5) is 0. The number of aliphatic hydroxyl groups is 1. The number of aliphatic hydroxyl groups excluding tert-OH is 1. The van der Waals surface area contributed by atoms with Crippen LogP contribution in [0.15, 0.2) is 18.2 Å². The van der Waals surface area contributed by atoms with Crippen molar-refractivity contribution in [3.05, 3.63) is 28.8 Å². The molecule has 1 fully saturated rings. The van der Waals surface area contributed by atoms with Crippen LogP contribution in [0, 0.1) is 0 Å². The van der Waals surface area contributed by atoms with Gasteiger partial charge < -0.3 is 15.2 Å². The third-order valence-corrected chi connectivity index (χ3v) is 3.59. The fraction of sp³-hybridized carbons (Fsp3) is 0.538. The minimum atomic E-state index is -0.612. The molecule has 0 bridgehead atoms. The molecule has 94 valence electrons. The molecule has 3 nitrogen and oxygen atoms in total. The highest BCUT2D eigenvalue weighted by Crippen LogP contribution is 2.35. The Kier molecular flexibility index (Phi) is 4.26. The van der Waals surface area contributed by atoms with E-state index in [1.807, 2.05) is 12.1 Å². The van der Waals surface area contributed by atoms with E-state index in [9.17, 15) is 5.11 Å².